The lowest BCUT2D eigenvalue weighted by molar-refractivity contribution is -0.152. The number of aliphatic carboxylic acids is 1. The zero-order chi connectivity index (χ0) is 25.1. The highest BCUT2D eigenvalue weighted by molar-refractivity contribution is 5.76. The number of ether oxygens (including phenoxy) is 1. The number of benzene rings is 2. The average molecular weight is 477 g/mol. The molecule has 0 spiro atoms. The van der Waals surface area contributed by atoms with Crippen molar-refractivity contribution in [1.29, 1.82) is 0 Å². The summed E-state index contributed by atoms with van der Waals surface area (Å²) in [6.45, 7) is 5.28. The number of carboxylic acid groups (broad SMARTS) is 1. The number of carboxylic acids is 1. The fourth-order valence-corrected chi connectivity index (χ4v) is 3.35. The number of aryl methyl sites for hydroxylation is 2. The van der Waals surface area contributed by atoms with E-state index in [9.17, 15) is 27.9 Å². The molecule has 1 aromatic heterocycles. The van der Waals surface area contributed by atoms with Crippen molar-refractivity contribution in [3.63, 3.8) is 0 Å². The molecule has 0 amide bonds. The first kappa shape index (κ1) is 25.1. The van der Waals surface area contributed by atoms with Gasteiger partial charge in [-0.3, -0.25) is 4.57 Å². The van der Waals surface area contributed by atoms with Crippen LogP contribution in [0.3, 0.4) is 0 Å². The number of rotatable bonds is 9. The van der Waals surface area contributed by atoms with E-state index in [1.54, 1.807) is 12.1 Å². The van der Waals surface area contributed by atoms with E-state index >= 15 is 0 Å². The molecular weight excluding hydrogens is 451 g/mol. The van der Waals surface area contributed by atoms with Crippen molar-refractivity contribution in [1.82, 2.24) is 14.3 Å². The highest BCUT2D eigenvalue weighted by Crippen LogP contribution is 2.29. The Balaban J connectivity index is 1.78. The van der Waals surface area contributed by atoms with E-state index in [1.807, 2.05) is 19.1 Å². The SMILES string of the molecule is CCCn1c(CCc2ccc(OC(C)(C)C(=O)O)cc2)nn(-c2ccc(C(F)(F)F)cc2)c1=O. The maximum atomic E-state index is 12.9. The summed E-state index contributed by atoms with van der Waals surface area (Å²) < 4.78 is 46.7. The summed E-state index contributed by atoms with van der Waals surface area (Å²) >= 11 is 0. The van der Waals surface area contributed by atoms with Crippen molar-refractivity contribution in [2.45, 2.75) is 58.4 Å². The van der Waals surface area contributed by atoms with Gasteiger partial charge in [0.1, 0.15) is 11.6 Å². The number of carbonyl (C=O) groups is 1. The first-order valence-corrected chi connectivity index (χ1v) is 10.8. The Hall–Kier alpha value is -3.56. The van der Waals surface area contributed by atoms with Crippen molar-refractivity contribution in [2.75, 3.05) is 0 Å². The zero-order valence-corrected chi connectivity index (χ0v) is 19.1. The monoisotopic (exact) mass is 477 g/mol. The van der Waals surface area contributed by atoms with E-state index in [0.717, 1.165) is 22.4 Å². The Morgan fingerprint density at radius 3 is 2.18 bits per heavy atom. The van der Waals surface area contributed by atoms with Gasteiger partial charge in [-0.15, -0.1) is 5.10 Å². The van der Waals surface area contributed by atoms with E-state index in [1.165, 1.54) is 30.5 Å². The van der Waals surface area contributed by atoms with Crippen LogP contribution in [0.15, 0.2) is 53.3 Å². The minimum absolute atomic E-state index is 0.261. The molecule has 0 aliphatic carbocycles. The summed E-state index contributed by atoms with van der Waals surface area (Å²) in [5.74, 6) is -0.126. The van der Waals surface area contributed by atoms with Crippen molar-refractivity contribution in [2.24, 2.45) is 0 Å². The summed E-state index contributed by atoms with van der Waals surface area (Å²) in [7, 11) is 0. The molecule has 1 heterocycles. The molecule has 0 aliphatic heterocycles. The number of hydrogen-bond acceptors (Lipinski definition) is 4. The van der Waals surface area contributed by atoms with E-state index in [-0.39, 0.29) is 5.69 Å². The zero-order valence-electron chi connectivity index (χ0n) is 19.1. The van der Waals surface area contributed by atoms with Gasteiger partial charge in [0.15, 0.2) is 5.60 Å². The molecule has 0 bridgehead atoms. The molecular formula is C24H26F3N3O4. The minimum Gasteiger partial charge on any atom is -0.478 e. The third-order valence-electron chi connectivity index (χ3n) is 5.27. The van der Waals surface area contributed by atoms with Crippen molar-refractivity contribution >= 4 is 5.97 Å². The van der Waals surface area contributed by atoms with Crippen LogP contribution in [0, 0.1) is 0 Å². The third-order valence-corrected chi connectivity index (χ3v) is 5.27. The van der Waals surface area contributed by atoms with E-state index < -0.39 is 29.0 Å². The first-order chi connectivity index (χ1) is 15.9. The maximum absolute atomic E-state index is 12.9. The number of alkyl halides is 3. The van der Waals surface area contributed by atoms with Crippen LogP contribution in [0.25, 0.3) is 5.69 Å². The van der Waals surface area contributed by atoms with E-state index in [2.05, 4.69) is 5.10 Å². The molecule has 1 N–H and O–H groups in total. The van der Waals surface area contributed by atoms with Gasteiger partial charge in [0.2, 0.25) is 0 Å². The fourth-order valence-electron chi connectivity index (χ4n) is 3.35. The molecule has 182 valence electrons. The molecule has 0 unspecified atom stereocenters. The highest BCUT2D eigenvalue weighted by Gasteiger charge is 2.30. The molecule has 0 saturated carbocycles. The number of aromatic nitrogens is 3. The molecule has 0 fully saturated rings. The van der Waals surface area contributed by atoms with Gasteiger partial charge in [-0.1, -0.05) is 19.1 Å². The van der Waals surface area contributed by atoms with Gasteiger partial charge in [-0.05, 0) is 68.7 Å². The number of nitrogens with zero attached hydrogens (tertiary/aromatic N) is 3. The predicted molar refractivity (Wildman–Crippen MR) is 119 cm³/mol. The van der Waals surface area contributed by atoms with Crippen LogP contribution in [0.5, 0.6) is 5.75 Å². The predicted octanol–water partition coefficient (Wildman–Crippen LogP) is 4.49. The van der Waals surface area contributed by atoms with Gasteiger partial charge in [0.05, 0.1) is 11.3 Å². The number of hydrogen-bond donors (Lipinski definition) is 1. The van der Waals surface area contributed by atoms with Gasteiger partial charge >= 0.3 is 17.8 Å². The Kier molecular flexibility index (Phi) is 7.18. The van der Waals surface area contributed by atoms with Crippen LogP contribution >= 0.6 is 0 Å². The lowest BCUT2D eigenvalue weighted by Gasteiger charge is -2.21. The Labute approximate surface area is 194 Å². The average Bonchev–Trinajstić information content (AvgIpc) is 3.08. The molecule has 0 saturated heterocycles. The van der Waals surface area contributed by atoms with Crippen LogP contribution in [0.1, 0.15) is 44.1 Å². The van der Waals surface area contributed by atoms with Crippen molar-refractivity contribution in [3.8, 4) is 11.4 Å². The van der Waals surface area contributed by atoms with Crippen LogP contribution in [-0.4, -0.2) is 31.0 Å². The van der Waals surface area contributed by atoms with Crippen LogP contribution in [0.4, 0.5) is 13.2 Å². The quantitative estimate of drug-likeness (QED) is 0.491. The Bertz CT molecular complexity index is 1190. The summed E-state index contributed by atoms with van der Waals surface area (Å²) in [6.07, 6.45) is -2.78. The molecule has 34 heavy (non-hydrogen) atoms. The molecule has 0 aliphatic rings. The van der Waals surface area contributed by atoms with Gasteiger partial charge in [0.25, 0.3) is 0 Å². The highest BCUT2D eigenvalue weighted by atomic mass is 19.4. The van der Waals surface area contributed by atoms with E-state index in [4.69, 9.17) is 4.74 Å². The molecule has 3 rings (SSSR count). The van der Waals surface area contributed by atoms with Gasteiger partial charge in [-0.2, -0.15) is 17.9 Å². The summed E-state index contributed by atoms with van der Waals surface area (Å²) in [5, 5.41) is 13.6. The van der Waals surface area contributed by atoms with Crippen LogP contribution in [0.2, 0.25) is 0 Å². The summed E-state index contributed by atoms with van der Waals surface area (Å²) in [6, 6.07) is 11.3. The molecule has 3 aromatic rings. The van der Waals surface area contributed by atoms with Gasteiger partial charge in [0, 0.05) is 13.0 Å². The molecule has 10 heteroatoms. The largest absolute Gasteiger partial charge is 0.478 e. The second kappa shape index (κ2) is 9.74. The van der Waals surface area contributed by atoms with Gasteiger partial charge < -0.3 is 9.84 Å². The maximum Gasteiger partial charge on any atom is 0.416 e. The van der Waals surface area contributed by atoms with Crippen LogP contribution in [-0.2, 0) is 30.4 Å². The molecule has 0 atom stereocenters. The summed E-state index contributed by atoms with van der Waals surface area (Å²) in [4.78, 5) is 24.1. The Morgan fingerprint density at radius 1 is 1.03 bits per heavy atom. The van der Waals surface area contributed by atoms with Crippen LogP contribution < -0.4 is 10.4 Å². The fraction of sp³-hybridized carbons (Fsp3) is 0.375. The van der Waals surface area contributed by atoms with Crippen molar-refractivity contribution in [3.05, 3.63) is 76.0 Å². The minimum atomic E-state index is -4.46. The summed E-state index contributed by atoms with van der Waals surface area (Å²) in [5.41, 5.74) is -1.37. The molecule has 7 nitrogen and oxygen atoms in total. The second-order valence-electron chi connectivity index (χ2n) is 8.37. The first-order valence-electron chi connectivity index (χ1n) is 10.8. The smallest absolute Gasteiger partial charge is 0.416 e. The third kappa shape index (κ3) is 5.67. The molecule has 2 aromatic carbocycles. The van der Waals surface area contributed by atoms with Gasteiger partial charge in [-0.25, -0.2) is 9.59 Å². The number of halogens is 3. The van der Waals surface area contributed by atoms with Crippen molar-refractivity contribution < 1.29 is 27.8 Å². The van der Waals surface area contributed by atoms with E-state index in [0.29, 0.717) is 37.4 Å². The Morgan fingerprint density at radius 2 is 1.65 bits per heavy atom. The molecule has 0 radical (unpaired) electrons. The topological polar surface area (TPSA) is 86.3 Å². The normalized spacial score (nSPS) is 12.1. The standard InChI is InChI=1S/C24H26F3N3O4/c1-4-15-29-20(14-7-16-5-12-19(13-6-16)34-23(2,3)21(31)32)28-30(22(29)33)18-10-8-17(9-11-18)24(25,26)27/h5-6,8-13H,4,7,14-15H2,1-3H3,(H,31,32). The second-order valence-corrected chi connectivity index (χ2v) is 8.37. The lowest BCUT2D eigenvalue weighted by atomic mass is 10.1. The lowest BCUT2D eigenvalue weighted by Crippen LogP contribution is -2.37.